The van der Waals surface area contributed by atoms with E-state index in [9.17, 15) is 4.79 Å². The molecule has 4 nitrogen and oxygen atoms in total. The summed E-state index contributed by atoms with van der Waals surface area (Å²) in [6.45, 7) is 2.22. The summed E-state index contributed by atoms with van der Waals surface area (Å²) < 4.78 is 5.98. The lowest BCUT2D eigenvalue weighted by atomic mass is 10.1. The van der Waals surface area contributed by atoms with Crippen LogP contribution in [0.1, 0.15) is 16.7 Å². The van der Waals surface area contributed by atoms with Crippen molar-refractivity contribution >= 4 is 69.4 Å². The van der Waals surface area contributed by atoms with Gasteiger partial charge in [0.25, 0.3) is 5.91 Å². The van der Waals surface area contributed by atoms with Crippen LogP contribution in [-0.4, -0.2) is 11.1 Å². The lowest BCUT2D eigenvalue weighted by Crippen LogP contribution is -2.28. The molecule has 1 heterocycles. The number of thioether (sulfide) groups is 1. The van der Waals surface area contributed by atoms with E-state index in [0.717, 1.165) is 22.9 Å². The Hall–Kier alpha value is -2.44. The first-order valence-corrected chi connectivity index (χ1v) is 11.5. The number of aryl methyl sites for hydroxylation is 1. The van der Waals surface area contributed by atoms with Crippen molar-refractivity contribution in [2.24, 2.45) is 0 Å². The van der Waals surface area contributed by atoms with Crippen LogP contribution in [0.15, 0.2) is 65.6 Å². The van der Waals surface area contributed by atoms with E-state index in [4.69, 9.17) is 44.9 Å². The van der Waals surface area contributed by atoms with Gasteiger partial charge in [0.05, 0.1) is 10.6 Å². The number of halogens is 3. The van der Waals surface area contributed by atoms with Gasteiger partial charge < -0.3 is 4.74 Å². The fourth-order valence-electron chi connectivity index (χ4n) is 3.09. The van der Waals surface area contributed by atoms with Crippen LogP contribution in [-0.2, 0) is 11.4 Å². The average molecular weight is 504 g/mol. The Bertz CT molecular complexity index is 1240. The Morgan fingerprint density at radius 3 is 2.44 bits per heavy atom. The molecule has 0 aromatic heterocycles. The summed E-state index contributed by atoms with van der Waals surface area (Å²) in [7, 11) is 0. The van der Waals surface area contributed by atoms with Gasteiger partial charge >= 0.3 is 0 Å². The molecule has 0 unspecified atom stereocenters. The Morgan fingerprint density at radius 2 is 1.72 bits per heavy atom. The third-order valence-electron chi connectivity index (χ3n) is 4.80. The van der Waals surface area contributed by atoms with E-state index in [2.05, 4.69) is 0 Å². The molecule has 0 spiro atoms. The molecule has 1 amide bonds. The number of carbonyl (C=O) groups is 1. The van der Waals surface area contributed by atoms with Crippen molar-refractivity contribution in [2.45, 2.75) is 13.5 Å². The first-order valence-electron chi connectivity index (χ1n) is 9.57. The van der Waals surface area contributed by atoms with Crippen molar-refractivity contribution in [1.29, 1.82) is 5.41 Å². The zero-order valence-corrected chi connectivity index (χ0v) is 19.9. The predicted molar refractivity (Wildman–Crippen MR) is 134 cm³/mol. The second-order valence-electron chi connectivity index (χ2n) is 7.09. The van der Waals surface area contributed by atoms with Crippen molar-refractivity contribution in [2.75, 3.05) is 4.90 Å². The lowest BCUT2D eigenvalue weighted by Gasteiger charge is -2.15. The van der Waals surface area contributed by atoms with Crippen LogP contribution in [0.4, 0.5) is 5.69 Å². The third kappa shape index (κ3) is 4.97. The SMILES string of the molecule is Cc1ccc(N2C(=N)S/C(=C\c3cc(Cl)ccc3OCc3ccc(Cl)cc3)C2=O)cc1Cl. The van der Waals surface area contributed by atoms with Gasteiger partial charge in [-0.25, -0.2) is 0 Å². The minimum Gasteiger partial charge on any atom is -0.488 e. The second kappa shape index (κ2) is 9.59. The number of nitrogens with zero attached hydrogens (tertiary/aromatic N) is 1. The normalized spacial score (nSPS) is 15.0. The van der Waals surface area contributed by atoms with Gasteiger partial charge in [-0.2, -0.15) is 0 Å². The van der Waals surface area contributed by atoms with Crippen LogP contribution in [0, 0.1) is 12.3 Å². The van der Waals surface area contributed by atoms with E-state index in [1.54, 1.807) is 48.5 Å². The van der Waals surface area contributed by atoms with Gasteiger partial charge in [-0.1, -0.05) is 53.0 Å². The van der Waals surface area contributed by atoms with Gasteiger partial charge in [-0.15, -0.1) is 0 Å². The Kier molecular flexibility index (Phi) is 6.82. The van der Waals surface area contributed by atoms with Crippen molar-refractivity contribution in [3.63, 3.8) is 0 Å². The molecule has 1 N–H and O–H groups in total. The van der Waals surface area contributed by atoms with E-state index in [1.165, 1.54) is 4.90 Å². The number of nitrogens with one attached hydrogen (secondary N) is 1. The Morgan fingerprint density at radius 1 is 1.00 bits per heavy atom. The van der Waals surface area contributed by atoms with Crippen LogP contribution in [0.5, 0.6) is 5.75 Å². The number of hydrogen-bond donors (Lipinski definition) is 1. The van der Waals surface area contributed by atoms with E-state index < -0.39 is 0 Å². The summed E-state index contributed by atoms with van der Waals surface area (Å²) >= 11 is 19.4. The molecular formula is C24H17Cl3N2O2S. The smallest absolute Gasteiger partial charge is 0.271 e. The third-order valence-corrected chi connectivity index (χ3v) is 6.59. The summed E-state index contributed by atoms with van der Waals surface area (Å²) in [5.74, 6) is 0.275. The number of benzene rings is 3. The number of amides is 1. The molecule has 162 valence electrons. The monoisotopic (exact) mass is 502 g/mol. The maximum absolute atomic E-state index is 13.1. The summed E-state index contributed by atoms with van der Waals surface area (Å²) in [6.07, 6.45) is 1.69. The molecule has 1 aliphatic heterocycles. The largest absolute Gasteiger partial charge is 0.488 e. The molecule has 1 fully saturated rings. The van der Waals surface area contributed by atoms with Gasteiger partial charge in [-0.3, -0.25) is 15.1 Å². The summed E-state index contributed by atoms with van der Waals surface area (Å²) in [5, 5.41) is 10.1. The highest BCUT2D eigenvalue weighted by Crippen LogP contribution is 2.38. The molecule has 3 aromatic carbocycles. The van der Waals surface area contributed by atoms with Crippen molar-refractivity contribution in [3.8, 4) is 5.75 Å². The predicted octanol–water partition coefficient (Wildman–Crippen LogP) is 7.59. The highest BCUT2D eigenvalue weighted by atomic mass is 35.5. The van der Waals surface area contributed by atoms with Gasteiger partial charge in [0.1, 0.15) is 12.4 Å². The molecule has 0 atom stereocenters. The number of carbonyl (C=O) groups excluding carboxylic acids is 1. The molecule has 3 aromatic rings. The van der Waals surface area contributed by atoms with E-state index in [1.807, 2.05) is 25.1 Å². The maximum atomic E-state index is 13.1. The first kappa shape index (κ1) is 22.7. The van der Waals surface area contributed by atoms with E-state index in [0.29, 0.717) is 43.6 Å². The number of ether oxygens (including phenoxy) is 1. The fourth-order valence-corrected chi connectivity index (χ4v) is 4.42. The van der Waals surface area contributed by atoms with Crippen molar-refractivity contribution in [1.82, 2.24) is 0 Å². The van der Waals surface area contributed by atoms with Gasteiger partial charge in [0.2, 0.25) is 0 Å². The quantitative estimate of drug-likeness (QED) is 0.365. The van der Waals surface area contributed by atoms with Gasteiger partial charge in [0, 0.05) is 20.6 Å². The summed E-state index contributed by atoms with van der Waals surface area (Å²) in [6, 6.07) is 17.9. The molecule has 0 radical (unpaired) electrons. The first-order chi connectivity index (χ1) is 15.3. The molecule has 4 rings (SSSR count). The minimum absolute atomic E-state index is 0.104. The molecular weight excluding hydrogens is 487 g/mol. The molecule has 0 bridgehead atoms. The highest BCUT2D eigenvalue weighted by molar-refractivity contribution is 8.19. The van der Waals surface area contributed by atoms with E-state index in [-0.39, 0.29) is 11.1 Å². The fraction of sp³-hybridized carbons (Fsp3) is 0.0833. The van der Waals surface area contributed by atoms with Crippen LogP contribution in [0.3, 0.4) is 0 Å². The number of hydrogen-bond acceptors (Lipinski definition) is 4. The Labute approximate surface area is 205 Å². The maximum Gasteiger partial charge on any atom is 0.271 e. The molecule has 1 aliphatic rings. The van der Waals surface area contributed by atoms with Crippen LogP contribution >= 0.6 is 46.6 Å². The highest BCUT2D eigenvalue weighted by Gasteiger charge is 2.34. The van der Waals surface area contributed by atoms with Crippen LogP contribution in [0.25, 0.3) is 6.08 Å². The van der Waals surface area contributed by atoms with Crippen molar-refractivity contribution < 1.29 is 9.53 Å². The summed E-state index contributed by atoms with van der Waals surface area (Å²) in [4.78, 5) is 14.8. The number of rotatable bonds is 5. The Balaban J connectivity index is 1.60. The van der Waals surface area contributed by atoms with Crippen LogP contribution in [0.2, 0.25) is 15.1 Å². The lowest BCUT2D eigenvalue weighted by molar-refractivity contribution is -0.113. The zero-order chi connectivity index (χ0) is 22.8. The van der Waals surface area contributed by atoms with Gasteiger partial charge in [0.15, 0.2) is 5.17 Å². The molecule has 1 saturated heterocycles. The second-order valence-corrected chi connectivity index (χ2v) is 9.40. The number of amidine groups is 1. The standard InChI is InChI=1S/C24H17Cl3N2O2S/c1-14-2-8-19(12-20(14)27)29-23(30)22(32-24(29)28)11-16-10-18(26)7-9-21(16)31-13-15-3-5-17(25)6-4-15/h2-12,28H,13H2,1H3/b22-11-,28-24?. The van der Waals surface area contributed by atoms with Gasteiger partial charge in [-0.05, 0) is 78.4 Å². The topological polar surface area (TPSA) is 53.4 Å². The molecule has 0 saturated carbocycles. The van der Waals surface area contributed by atoms with E-state index >= 15 is 0 Å². The number of anilines is 1. The zero-order valence-electron chi connectivity index (χ0n) is 16.9. The van der Waals surface area contributed by atoms with Crippen LogP contribution < -0.4 is 9.64 Å². The minimum atomic E-state index is -0.302. The van der Waals surface area contributed by atoms with Crippen molar-refractivity contribution in [3.05, 3.63) is 97.3 Å². The molecule has 32 heavy (non-hydrogen) atoms. The molecule has 8 heteroatoms. The molecule has 0 aliphatic carbocycles. The average Bonchev–Trinajstić information content (AvgIpc) is 3.03. The summed E-state index contributed by atoms with van der Waals surface area (Å²) in [5.41, 5.74) is 3.06.